The molecule has 1 amide bonds. The third kappa shape index (κ3) is 3.87. The minimum absolute atomic E-state index is 0. The Morgan fingerprint density at radius 2 is 2.00 bits per heavy atom. The quantitative estimate of drug-likeness (QED) is 0.877. The van der Waals surface area contributed by atoms with Crippen LogP contribution in [0.25, 0.3) is 0 Å². The largest absolute Gasteiger partial charge is 0.497 e. The van der Waals surface area contributed by atoms with Gasteiger partial charge in [0, 0.05) is 11.7 Å². The van der Waals surface area contributed by atoms with E-state index in [1.807, 2.05) is 29.2 Å². The molecule has 2 rings (SSSR count). The highest BCUT2D eigenvalue weighted by Crippen LogP contribution is 2.37. The first kappa shape index (κ1) is 16.8. The van der Waals surface area contributed by atoms with Crippen molar-refractivity contribution in [3.8, 4) is 5.75 Å². The van der Waals surface area contributed by atoms with E-state index in [-0.39, 0.29) is 24.4 Å². The highest BCUT2D eigenvalue weighted by molar-refractivity contribution is 5.95. The maximum absolute atomic E-state index is 12.3. The highest BCUT2D eigenvalue weighted by atomic mass is 35.5. The number of nitrogens with one attached hydrogen (secondary N) is 1. The average Bonchev–Trinajstić information content (AvgIpc) is 3.24. The number of likely N-dealkylation sites (N-methyl/N-ethyl adjacent to an activating group) is 1. The van der Waals surface area contributed by atoms with Crippen molar-refractivity contribution in [2.75, 3.05) is 25.6 Å². The van der Waals surface area contributed by atoms with Gasteiger partial charge in [-0.15, -0.1) is 12.4 Å². The number of carbonyl (C=O) groups excluding carboxylic acids is 1. The van der Waals surface area contributed by atoms with Gasteiger partial charge in [-0.3, -0.25) is 4.79 Å². The lowest BCUT2D eigenvalue weighted by Crippen LogP contribution is -2.44. The number of rotatable bonds is 6. The summed E-state index contributed by atoms with van der Waals surface area (Å²) in [6.45, 7) is 2.50. The van der Waals surface area contributed by atoms with Crippen molar-refractivity contribution in [3.63, 3.8) is 0 Å². The summed E-state index contributed by atoms with van der Waals surface area (Å²) in [5, 5.41) is 2.94. The van der Waals surface area contributed by atoms with Crippen LogP contribution < -0.4 is 15.0 Å². The number of carbonyl (C=O) groups is 1. The number of hydrogen-bond acceptors (Lipinski definition) is 3. The molecule has 0 bridgehead atoms. The molecular weight excluding hydrogens is 276 g/mol. The molecule has 1 unspecified atom stereocenters. The predicted octanol–water partition coefficient (Wildman–Crippen LogP) is 2.47. The fourth-order valence-electron chi connectivity index (χ4n) is 2.37. The van der Waals surface area contributed by atoms with Crippen LogP contribution in [0.15, 0.2) is 24.3 Å². The lowest BCUT2D eigenvalue weighted by atomic mass is 10.1. The summed E-state index contributed by atoms with van der Waals surface area (Å²) in [5.74, 6) is 1.57. The molecule has 1 aliphatic rings. The number of anilines is 1. The summed E-state index contributed by atoms with van der Waals surface area (Å²) in [7, 11) is 3.44. The number of nitrogens with zero attached hydrogens (tertiary/aromatic N) is 1. The molecule has 1 aliphatic carbocycles. The third-order valence-electron chi connectivity index (χ3n) is 3.66. The van der Waals surface area contributed by atoms with Gasteiger partial charge in [-0.1, -0.05) is 0 Å². The molecule has 0 aliphatic heterocycles. The molecule has 1 aromatic rings. The minimum Gasteiger partial charge on any atom is -0.497 e. The Balaban J connectivity index is 0.00000200. The Labute approximate surface area is 126 Å². The summed E-state index contributed by atoms with van der Waals surface area (Å²) in [5.41, 5.74) is 0.945. The van der Waals surface area contributed by atoms with Gasteiger partial charge in [0.05, 0.1) is 13.7 Å². The molecule has 0 spiro atoms. The monoisotopic (exact) mass is 298 g/mol. The van der Waals surface area contributed by atoms with Crippen LogP contribution in [-0.4, -0.2) is 32.7 Å². The molecule has 0 heterocycles. The van der Waals surface area contributed by atoms with E-state index in [1.165, 1.54) is 12.8 Å². The van der Waals surface area contributed by atoms with Crippen LogP contribution in [0.4, 0.5) is 5.69 Å². The molecule has 0 radical (unpaired) electrons. The molecule has 0 aromatic heterocycles. The fourth-order valence-corrected chi connectivity index (χ4v) is 2.37. The van der Waals surface area contributed by atoms with Gasteiger partial charge >= 0.3 is 0 Å². The lowest BCUT2D eigenvalue weighted by Gasteiger charge is -2.29. The summed E-state index contributed by atoms with van der Waals surface area (Å²) in [6.07, 6.45) is 2.45. The Morgan fingerprint density at radius 1 is 1.40 bits per heavy atom. The average molecular weight is 299 g/mol. The molecule has 1 fully saturated rings. The first-order chi connectivity index (χ1) is 9.17. The Morgan fingerprint density at radius 3 is 2.45 bits per heavy atom. The van der Waals surface area contributed by atoms with Gasteiger partial charge in [0.15, 0.2) is 0 Å². The van der Waals surface area contributed by atoms with Crippen LogP contribution in [0.1, 0.15) is 19.8 Å². The molecule has 1 atom stereocenters. The normalized spacial score (nSPS) is 15.2. The number of halogens is 1. The summed E-state index contributed by atoms with van der Waals surface area (Å²) < 4.78 is 5.16. The first-order valence-electron chi connectivity index (χ1n) is 6.78. The fraction of sp³-hybridized carbons (Fsp3) is 0.533. The molecular formula is C15H23ClN2O2. The van der Waals surface area contributed by atoms with E-state index >= 15 is 0 Å². The summed E-state index contributed by atoms with van der Waals surface area (Å²) in [6, 6.07) is 7.95. The number of ether oxygens (including phenoxy) is 1. The van der Waals surface area contributed by atoms with E-state index < -0.39 is 0 Å². The first-order valence-corrected chi connectivity index (χ1v) is 6.78. The molecule has 1 aromatic carbocycles. The van der Waals surface area contributed by atoms with Crippen molar-refractivity contribution < 1.29 is 9.53 Å². The zero-order chi connectivity index (χ0) is 13.8. The number of benzene rings is 1. The van der Waals surface area contributed by atoms with E-state index in [0.29, 0.717) is 12.5 Å². The summed E-state index contributed by atoms with van der Waals surface area (Å²) in [4.78, 5) is 14.2. The Hall–Kier alpha value is -1.26. The second kappa shape index (κ2) is 7.50. The maximum Gasteiger partial charge on any atom is 0.241 e. The van der Waals surface area contributed by atoms with Crippen molar-refractivity contribution in [3.05, 3.63) is 24.3 Å². The molecule has 5 heteroatoms. The van der Waals surface area contributed by atoms with Gasteiger partial charge in [0.1, 0.15) is 5.75 Å². The van der Waals surface area contributed by atoms with E-state index in [1.54, 1.807) is 14.2 Å². The van der Waals surface area contributed by atoms with E-state index in [4.69, 9.17) is 4.74 Å². The SMILES string of the molecule is CNCC(=O)N(c1ccc(OC)cc1)C(C)C1CC1.Cl. The smallest absolute Gasteiger partial charge is 0.241 e. The lowest BCUT2D eigenvalue weighted by molar-refractivity contribution is -0.118. The van der Waals surface area contributed by atoms with E-state index in [2.05, 4.69) is 12.2 Å². The van der Waals surface area contributed by atoms with Crippen molar-refractivity contribution in [1.82, 2.24) is 5.32 Å². The van der Waals surface area contributed by atoms with E-state index in [9.17, 15) is 4.79 Å². The predicted molar refractivity (Wildman–Crippen MR) is 83.8 cm³/mol. The van der Waals surface area contributed by atoms with Crippen molar-refractivity contribution in [2.24, 2.45) is 5.92 Å². The van der Waals surface area contributed by atoms with Crippen LogP contribution >= 0.6 is 12.4 Å². The van der Waals surface area contributed by atoms with Gasteiger partial charge in [0.2, 0.25) is 5.91 Å². The van der Waals surface area contributed by atoms with Crippen LogP contribution in [0.5, 0.6) is 5.75 Å². The maximum atomic E-state index is 12.3. The molecule has 4 nitrogen and oxygen atoms in total. The molecule has 1 saturated carbocycles. The van der Waals surface area contributed by atoms with Gasteiger partial charge in [-0.25, -0.2) is 0 Å². The number of amides is 1. The van der Waals surface area contributed by atoms with Crippen LogP contribution in [-0.2, 0) is 4.79 Å². The van der Waals surface area contributed by atoms with Gasteiger partial charge in [-0.2, -0.15) is 0 Å². The van der Waals surface area contributed by atoms with Crippen LogP contribution in [0.2, 0.25) is 0 Å². The van der Waals surface area contributed by atoms with Crippen molar-refractivity contribution in [2.45, 2.75) is 25.8 Å². The zero-order valence-electron chi connectivity index (χ0n) is 12.3. The Bertz CT molecular complexity index is 432. The van der Waals surface area contributed by atoms with Crippen molar-refractivity contribution in [1.29, 1.82) is 0 Å². The number of hydrogen-bond donors (Lipinski definition) is 1. The summed E-state index contributed by atoms with van der Waals surface area (Å²) >= 11 is 0. The van der Waals surface area contributed by atoms with Gasteiger partial charge in [-0.05, 0) is 57.0 Å². The highest BCUT2D eigenvalue weighted by Gasteiger charge is 2.34. The molecule has 1 N–H and O–H groups in total. The zero-order valence-corrected chi connectivity index (χ0v) is 13.1. The van der Waals surface area contributed by atoms with Gasteiger partial charge in [0.25, 0.3) is 0 Å². The van der Waals surface area contributed by atoms with E-state index in [0.717, 1.165) is 11.4 Å². The number of methoxy groups -OCH3 is 1. The molecule has 112 valence electrons. The van der Waals surface area contributed by atoms with Crippen molar-refractivity contribution >= 4 is 24.0 Å². The minimum atomic E-state index is 0. The third-order valence-corrected chi connectivity index (χ3v) is 3.66. The van der Waals surface area contributed by atoms with Crippen LogP contribution in [0, 0.1) is 5.92 Å². The Kier molecular flexibility index (Phi) is 6.30. The second-order valence-electron chi connectivity index (χ2n) is 5.07. The standard InChI is InChI=1S/C15H22N2O2.ClH/c1-11(12-4-5-12)17(15(18)10-16-2)13-6-8-14(19-3)9-7-13;/h6-9,11-12,16H,4-5,10H2,1-3H3;1H. The van der Waals surface area contributed by atoms with Gasteiger partial charge < -0.3 is 15.0 Å². The second-order valence-corrected chi connectivity index (χ2v) is 5.07. The topological polar surface area (TPSA) is 41.6 Å². The molecule has 0 saturated heterocycles. The van der Waals surface area contributed by atoms with Crippen LogP contribution in [0.3, 0.4) is 0 Å². The molecule has 20 heavy (non-hydrogen) atoms.